The molecule has 0 aliphatic carbocycles. The number of nitrogens with zero attached hydrogens (tertiary/aromatic N) is 4. The molecule has 1 spiro atoms. The molecule has 2 heterocycles. The van der Waals surface area contributed by atoms with Crippen molar-refractivity contribution in [3.8, 4) is 0 Å². The van der Waals surface area contributed by atoms with Crippen molar-refractivity contribution >= 4 is 6.41 Å². The fourth-order valence-electron chi connectivity index (χ4n) is 3.18. The zero-order valence-corrected chi connectivity index (χ0v) is 18.3. The maximum Gasteiger partial charge on any atom is 0.251 e. The third-order valence-electron chi connectivity index (χ3n) is 4.22. The van der Waals surface area contributed by atoms with Gasteiger partial charge in [0.25, 0.3) is 6.43 Å². The first-order chi connectivity index (χ1) is 12.3. The first-order valence-corrected chi connectivity index (χ1v) is 9.81. The van der Waals surface area contributed by atoms with Gasteiger partial charge in [-0.2, -0.15) is 0 Å². The molecule has 158 valence electrons. The van der Waals surface area contributed by atoms with Crippen molar-refractivity contribution < 1.29 is 13.6 Å². The number of likely N-dealkylation sites (tertiary alicyclic amines) is 1. The van der Waals surface area contributed by atoms with Crippen LogP contribution in [0.4, 0.5) is 8.78 Å². The lowest BCUT2D eigenvalue weighted by Crippen LogP contribution is -2.65. The van der Waals surface area contributed by atoms with Crippen LogP contribution in [0.15, 0.2) is 0 Å². The summed E-state index contributed by atoms with van der Waals surface area (Å²) in [7, 11) is 8.04. The van der Waals surface area contributed by atoms with Gasteiger partial charge in [0.15, 0.2) is 0 Å². The molecule has 26 heavy (non-hydrogen) atoms. The van der Waals surface area contributed by atoms with Gasteiger partial charge in [0.2, 0.25) is 6.41 Å². The third-order valence-corrected chi connectivity index (χ3v) is 4.22. The quantitative estimate of drug-likeness (QED) is 0.705. The second-order valence-corrected chi connectivity index (χ2v) is 6.78. The van der Waals surface area contributed by atoms with E-state index in [1.807, 2.05) is 65.7 Å². The minimum atomic E-state index is -2.28. The molecular weight excluding hydrogens is 338 g/mol. The Labute approximate surface area is 160 Å². The van der Waals surface area contributed by atoms with Gasteiger partial charge in [-0.1, -0.05) is 27.7 Å². The van der Waals surface area contributed by atoms with Gasteiger partial charge in [-0.3, -0.25) is 9.69 Å². The summed E-state index contributed by atoms with van der Waals surface area (Å²) in [6, 6.07) is 0. The van der Waals surface area contributed by atoms with Crippen LogP contribution in [0.25, 0.3) is 0 Å². The van der Waals surface area contributed by atoms with Gasteiger partial charge in [-0.25, -0.2) is 8.78 Å². The summed E-state index contributed by atoms with van der Waals surface area (Å²) in [5.74, 6) is 0. The predicted octanol–water partition coefficient (Wildman–Crippen LogP) is 2.72. The molecule has 0 unspecified atom stereocenters. The summed E-state index contributed by atoms with van der Waals surface area (Å²) in [5, 5.41) is 0. The average molecular weight is 381 g/mol. The number of rotatable bonds is 3. The summed E-state index contributed by atoms with van der Waals surface area (Å²) >= 11 is 0. The highest BCUT2D eigenvalue weighted by molar-refractivity contribution is 5.47. The number of carbonyl (C=O) groups excluding carboxylic acids is 1. The van der Waals surface area contributed by atoms with Crippen LogP contribution < -0.4 is 0 Å². The zero-order valence-electron chi connectivity index (χ0n) is 18.3. The zero-order chi connectivity index (χ0) is 20.8. The highest BCUT2D eigenvalue weighted by Gasteiger charge is 2.43. The largest absolute Gasteiger partial charge is 0.345 e. The first-order valence-electron chi connectivity index (χ1n) is 9.81. The molecule has 0 aromatic heterocycles. The molecule has 0 N–H and O–H groups in total. The van der Waals surface area contributed by atoms with E-state index in [1.54, 1.807) is 4.90 Å². The van der Waals surface area contributed by atoms with Crippen LogP contribution in [-0.2, 0) is 4.79 Å². The van der Waals surface area contributed by atoms with Gasteiger partial charge in [0, 0.05) is 38.3 Å². The minimum absolute atomic E-state index is 0.144. The lowest BCUT2D eigenvalue weighted by atomic mass is 9.83. The van der Waals surface area contributed by atoms with Gasteiger partial charge in [-0.05, 0) is 41.0 Å². The third kappa shape index (κ3) is 10.4. The van der Waals surface area contributed by atoms with Crippen molar-refractivity contribution in [1.29, 1.82) is 0 Å². The number of alkyl halides is 2. The predicted molar refractivity (Wildman–Crippen MR) is 107 cm³/mol. The van der Waals surface area contributed by atoms with E-state index in [2.05, 4.69) is 4.90 Å². The van der Waals surface area contributed by atoms with E-state index in [0.717, 1.165) is 32.3 Å². The Balaban J connectivity index is 0. The summed E-state index contributed by atoms with van der Waals surface area (Å²) in [5.41, 5.74) is -0.164. The highest BCUT2D eigenvalue weighted by Crippen LogP contribution is 2.32. The SMILES string of the molecule is CC.CC.CN(C)C.CN1CCN(CC(F)F)C2(CCN(C=O)CC2)C1. The molecule has 5 nitrogen and oxygen atoms in total. The molecule has 2 aliphatic rings. The van der Waals surface area contributed by atoms with Crippen LogP contribution >= 0.6 is 0 Å². The summed E-state index contributed by atoms with van der Waals surface area (Å²) in [4.78, 5) is 18.6. The summed E-state index contributed by atoms with van der Waals surface area (Å²) < 4.78 is 25.4. The molecule has 0 saturated carbocycles. The van der Waals surface area contributed by atoms with Gasteiger partial charge in [0.1, 0.15) is 0 Å². The van der Waals surface area contributed by atoms with Crippen molar-refractivity contribution in [3.63, 3.8) is 0 Å². The smallest absolute Gasteiger partial charge is 0.251 e. The second kappa shape index (κ2) is 15.3. The second-order valence-electron chi connectivity index (χ2n) is 6.78. The minimum Gasteiger partial charge on any atom is -0.345 e. The number of likely N-dealkylation sites (N-methyl/N-ethyl adjacent to an activating group) is 1. The number of hydrogen-bond acceptors (Lipinski definition) is 4. The number of piperidine rings is 1. The van der Waals surface area contributed by atoms with Crippen molar-refractivity contribution in [1.82, 2.24) is 19.6 Å². The Morgan fingerprint density at radius 1 is 1.00 bits per heavy atom. The van der Waals surface area contributed by atoms with Crippen LogP contribution in [-0.4, -0.2) is 105 Å². The van der Waals surface area contributed by atoms with Gasteiger partial charge < -0.3 is 14.7 Å². The lowest BCUT2D eigenvalue weighted by molar-refractivity contribution is -0.122. The highest BCUT2D eigenvalue weighted by atomic mass is 19.3. The van der Waals surface area contributed by atoms with Crippen molar-refractivity contribution in [2.24, 2.45) is 0 Å². The van der Waals surface area contributed by atoms with Crippen molar-refractivity contribution in [3.05, 3.63) is 0 Å². The Morgan fingerprint density at radius 2 is 1.46 bits per heavy atom. The van der Waals surface area contributed by atoms with E-state index in [4.69, 9.17) is 0 Å². The Morgan fingerprint density at radius 3 is 1.85 bits per heavy atom. The Hall–Kier alpha value is -0.790. The molecule has 0 atom stereocenters. The molecule has 2 fully saturated rings. The number of carbonyl (C=O) groups is 1. The van der Waals surface area contributed by atoms with E-state index in [-0.39, 0.29) is 12.1 Å². The van der Waals surface area contributed by atoms with E-state index in [0.29, 0.717) is 19.6 Å². The summed E-state index contributed by atoms with van der Waals surface area (Å²) in [6.07, 6.45) is 0.164. The molecular formula is C19H42F2N4O. The summed E-state index contributed by atoms with van der Waals surface area (Å²) in [6.45, 7) is 11.6. The van der Waals surface area contributed by atoms with Crippen molar-refractivity contribution in [2.75, 3.05) is 67.5 Å². The Bertz CT molecular complexity index is 333. The molecule has 1 amide bonds. The molecule has 0 aromatic rings. The maximum absolute atomic E-state index is 12.7. The number of hydrogen-bond donors (Lipinski definition) is 0. The van der Waals surface area contributed by atoms with Crippen LogP contribution in [0, 0.1) is 0 Å². The molecule has 0 radical (unpaired) electrons. The van der Waals surface area contributed by atoms with Crippen LogP contribution in [0.5, 0.6) is 0 Å². The van der Waals surface area contributed by atoms with E-state index in [1.165, 1.54) is 0 Å². The number of piperazine rings is 1. The monoisotopic (exact) mass is 380 g/mol. The van der Waals surface area contributed by atoms with E-state index in [9.17, 15) is 13.6 Å². The normalized spacial score (nSPS) is 19.8. The van der Waals surface area contributed by atoms with Crippen LogP contribution in [0.1, 0.15) is 40.5 Å². The molecule has 2 saturated heterocycles. The van der Waals surface area contributed by atoms with Crippen molar-refractivity contribution in [2.45, 2.75) is 52.5 Å². The molecule has 2 rings (SSSR count). The molecule has 0 bridgehead atoms. The topological polar surface area (TPSA) is 30.0 Å². The molecule has 0 aromatic carbocycles. The number of halogens is 2. The molecule has 2 aliphatic heterocycles. The van der Waals surface area contributed by atoms with E-state index >= 15 is 0 Å². The van der Waals surface area contributed by atoms with Gasteiger partial charge in [-0.15, -0.1) is 0 Å². The van der Waals surface area contributed by atoms with Crippen LogP contribution in [0.2, 0.25) is 0 Å². The molecule has 7 heteroatoms. The van der Waals surface area contributed by atoms with E-state index < -0.39 is 6.43 Å². The number of amides is 1. The first kappa shape index (κ1) is 27.4. The average Bonchev–Trinajstić information content (AvgIpc) is 2.61. The standard InChI is InChI=1S/C12H21F2N3O.C3H9N.2C2H6/c1-15-6-7-17(8-11(13)14)12(9-15)2-4-16(10-18)5-3-12;1-4(2)3;2*1-2/h10-11H,2-9H2,1H3;1-3H3;2*1-2H3. The fraction of sp³-hybridized carbons (Fsp3) is 0.947. The van der Waals surface area contributed by atoms with Gasteiger partial charge in [0.05, 0.1) is 6.54 Å². The fourth-order valence-corrected chi connectivity index (χ4v) is 3.18. The van der Waals surface area contributed by atoms with Crippen LogP contribution in [0.3, 0.4) is 0 Å². The lowest BCUT2D eigenvalue weighted by Gasteiger charge is -2.53. The van der Waals surface area contributed by atoms with Gasteiger partial charge >= 0.3 is 0 Å². The maximum atomic E-state index is 12.7. The Kier molecular flexibility index (Phi) is 16.1.